The number of imidazole rings is 1. The third-order valence-electron chi connectivity index (χ3n) is 5.69. The van der Waals surface area contributed by atoms with Gasteiger partial charge in [-0.15, -0.1) is 0 Å². The van der Waals surface area contributed by atoms with E-state index in [-0.39, 0.29) is 11.8 Å². The first-order chi connectivity index (χ1) is 18.0. The van der Waals surface area contributed by atoms with Gasteiger partial charge in [0.05, 0.1) is 29.2 Å². The molecular formula is C29H18N6O2. The zero-order valence-electron chi connectivity index (χ0n) is 19.3. The Bertz CT molecular complexity index is 1700. The number of carbonyl (C=O) groups is 2. The molecule has 3 N–H and O–H groups in total. The Morgan fingerprint density at radius 3 is 2.03 bits per heavy atom. The maximum atomic E-state index is 12.5. The molecule has 0 aliphatic heterocycles. The van der Waals surface area contributed by atoms with Crippen LogP contribution >= 0.6 is 0 Å². The molecule has 1 aromatic heterocycles. The minimum atomic E-state index is -0.269. The lowest BCUT2D eigenvalue weighted by molar-refractivity contribution is 0.101. The molecule has 0 saturated heterocycles. The van der Waals surface area contributed by atoms with Crippen molar-refractivity contribution in [2.45, 2.75) is 0 Å². The Morgan fingerprint density at radius 2 is 1.41 bits per heavy atom. The van der Waals surface area contributed by atoms with Crippen LogP contribution < -0.4 is 10.6 Å². The van der Waals surface area contributed by atoms with Gasteiger partial charge in [0.15, 0.2) is 5.69 Å². The average molecular weight is 483 g/mol. The number of H-pyrrole nitrogens is 1. The van der Waals surface area contributed by atoms with E-state index in [2.05, 4.69) is 25.4 Å². The van der Waals surface area contributed by atoms with Crippen molar-refractivity contribution in [3.8, 4) is 17.5 Å². The number of rotatable bonds is 5. The summed E-state index contributed by atoms with van der Waals surface area (Å²) in [4.78, 5) is 36.2. The highest BCUT2D eigenvalue weighted by Crippen LogP contribution is 2.25. The molecule has 0 aliphatic carbocycles. The lowest BCUT2D eigenvalue weighted by Gasteiger charge is -2.06. The molecule has 5 rings (SSSR count). The standard InChI is InChI=1S/C29H18N6O2/c1-31-22-10-8-21(9-11-22)29(37)33-24-14-15-25-26(16-24)35-27(34-25)19-6-12-23(13-7-19)32-28(36)20-4-2-18(17-30)3-5-20/h2-16H,(H,32,36)(H,33,37)(H,34,35). The van der Waals surface area contributed by atoms with Crippen molar-refractivity contribution in [3.63, 3.8) is 0 Å². The molecule has 37 heavy (non-hydrogen) atoms. The first kappa shape index (κ1) is 23.0. The second kappa shape index (κ2) is 9.87. The van der Waals surface area contributed by atoms with Gasteiger partial charge in [-0.1, -0.05) is 24.3 Å². The number of hydrogen-bond acceptors (Lipinski definition) is 4. The number of hydrogen-bond donors (Lipinski definition) is 3. The van der Waals surface area contributed by atoms with Gasteiger partial charge in [-0.25, -0.2) is 9.83 Å². The van der Waals surface area contributed by atoms with Crippen LogP contribution in [0.2, 0.25) is 0 Å². The quantitative estimate of drug-likeness (QED) is 0.260. The van der Waals surface area contributed by atoms with Gasteiger partial charge in [0.2, 0.25) is 0 Å². The molecule has 0 bridgehead atoms. The topological polar surface area (TPSA) is 115 Å². The van der Waals surface area contributed by atoms with Crippen LogP contribution in [0.3, 0.4) is 0 Å². The van der Waals surface area contributed by atoms with Crippen LogP contribution in [0, 0.1) is 17.9 Å². The average Bonchev–Trinajstić information content (AvgIpc) is 3.37. The summed E-state index contributed by atoms with van der Waals surface area (Å²) in [5.41, 5.74) is 5.47. The summed E-state index contributed by atoms with van der Waals surface area (Å²) in [7, 11) is 0. The predicted molar refractivity (Wildman–Crippen MR) is 141 cm³/mol. The fourth-order valence-corrected chi connectivity index (χ4v) is 3.73. The van der Waals surface area contributed by atoms with Gasteiger partial charge >= 0.3 is 0 Å². The lowest BCUT2D eigenvalue weighted by Crippen LogP contribution is -2.11. The SMILES string of the molecule is [C-]#[N+]c1ccc(C(=O)Nc2ccc3nc(-c4ccc(NC(=O)c5ccc(C#N)cc5)cc4)[nH]c3c2)cc1. The van der Waals surface area contributed by atoms with Crippen molar-refractivity contribution in [2.75, 3.05) is 10.6 Å². The zero-order chi connectivity index (χ0) is 25.8. The summed E-state index contributed by atoms with van der Waals surface area (Å²) < 4.78 is 0. The third-order valence-corrected chi connectivity index (χ3v) is 5.69. The number of aromatic nitrogens is 2. The number of amides is 2. The highest BCUT2D eigenvalue weighted by Gasteiger charge is 2.11. The highest BCUT2D eigenvalue weighted by molar-refractivity contribution is 6.05. The van der Waals surface area contributed by atoms with Crippen LogP contribution in [0.15, 0.2) is 91.0 Å². The number of nitriles is 1. The Labute approximate surface area is 212 Å². The predicted octanol–water partition coefficient (Wildman–Crippen LogP) is 6.16. The first-order valence-electron chi connectivity index (χ1n) is 11.2. The van der Waals surface area contributed by atoms with Gasteiger partial charge in [-0.2, -0.15) is 5.26 Å². The Balaban J connectivity index is 1.28. The summed E-state index contributed by atoms with van der Waals surface area (Å²) >= 11 is 0. The van der Waals surface area contributed by atoms with Gasteiger partial charge in [0.25, 0.3) is 11.8 Å². The van der Waals surface area contributed by atoms with Crippen molar-refractivity contribution in [1.29, 1.82) is 5.26 Å². The molecular weight excluding hydrogens is 464 g/mol. The van der Waals surface area contributed by atoms with Crippen LogP contribution in [0.25, 0.3) is 27.3 Å². The number of fused-ring (bicyclic) bond motifs is 1. The van der Waals surface area contributed by atoms with E-state index in [1.54, 1.807) is 66.7 Å². The smallest absolute Gasteiger partial charge is 0.255 e. The zero-order valence-corrected chi connectivity index (χ0v) is 19.3. The summed E-state index contributed by atoms with van der Waals surface area (Å²) in [6.45, 7) is 7.01. The lowest BCUT2D eigenvalue weighted by atomic mass is 10.1. The molecule has 8 nitrogen and oxygen atoms in total. The largest absolute Gasteiger partial charge is 0.338 e. The van der Waals surface area contributed by atoms with Gasteiger partial charge in [0, 0.05) is 28.1 Å². The Kier molecular flexibility index (Phi) is 6.14. The van der Waals surface area contributed by atoms with Crippen LogP contribution in [0.5, 0.6) is 0 Å². The Hall–Kier alpha value is -5.73. The highest BCUT2D eigenvalue weighted by atomic mass is 16.2. The van der Waals surface area contributed by atoms with E-state index in [9.17, 15) is 9.59 Å². The van der Waals surface area contributed by atoms with Gasteiger partial charge in [-0.05, 0) is 66.7 Å². The van der Waals surface area contributed by atoms with Crippen molar-refractivity contribution in [1.82, 2.24) is 9.97 Å². The van der Waals surface area contributed by atoms with Gasteiger partial charge in [-0.3, -0.25) is 9.59 Å². The minimum Gasteiger partial charge on any atom is -0.338 e. The minimum absolute atomic E-state index is 0.266. The number of nitrogens with zero attached hydrogens (tertiary/aromatic N) is 3. The molecule has 0 atom stereocenters. The maximum Gasteiger partial charge on any atom is 0.255 e. The molecule has 0 aliphatic rings. The number of anilines is 2. The van der Waals surface area contributed by atoms with E-state index in [4.69, 9.17) is 11.8 Å². The molecule has 5 aromatic rings. The van der Waals surface area contributed by atoms with Gasteiger partial charge in [0.1, 0.15) is 5.82 Å². The fraction of sp³-hybridized carbons (Fsp3) is 0. The van der Waals surface area contributed by atoms with E-state index < -0.39 is 0 Å². The molecule has 0 unspecified atom stereocenters. The second-order valence-electron chi connectivity index (χ2n) is 8.15. The summed E-state index contributed by atoms with van der Waals surface area (Å²) in [5.74, 6) is 0.116. The van der Waals surface area contributed by atoms with Crippen molar-refractivity contribution in [2.24, 2.45) is 0 Å². The maximum absolute atomic E-state index is 12.5. The van der Waals surface area contributed by atoms with Crippen molar-refractivity contribution in [3.05, 3.63) is 119 Å². The van der Waals surface area contributed by atoms with Crippen molar-refractivity contribution < 1.29 is 9.59 Å². The number of aromatic amines is 1. The summed E-state index contributed by atoms with van der Waals surface area (Å²) in [6, 6.07) is 27.6. The van der Waals surface area contributed by atoms with E-state index in [0.717, 1.165) is 16.6 Å². The second-order valence-corrected chi connectivity index (χ2v) is 8.15. The first-order valence-corrected chi connectivity index (χ1v) is 11.2. The fourth-order valence-electron chi connectivity index (χ4n) is 3.73. The molecule has 176 valence electrons. The molecule has 0 fully saturated rings. The summed E-state index contributed by atoms with van der Waals surface area (Å²) in [5, 5.41) is 14.6. The molecule has 4 aromatic carbocycles. The Morgan fingerprint density at radius 1 is 0.811 bits per heavy atom. The molecule has 0 radical (unpaired) electrons. The van der Waals surface area contributed by atoms with E-state index in [0.29, 0.717) is 39.6 Å². The van der Waals surface area contributed by atoms with Crippen LogP contribution in [-0.2, 0) is 0 Å². The monoisotopic (exact) mass is 482 g/mol. The van der Waals surface area contributed by atoms with Gasteiger partial charge < -0.3 is 15.6 Å². The molecule has 8 heteroatoms. The summed E-state index contributed by atoms with van der Waals surface area (Å²) in [6.07, 6.45) is 0. The van der Waals surface area contributed by atoms with Crippen LogP contribution in [0.1, 0.15) is 26.3 Å². The number of benzene rings is 4. The van der Waals surface area contributed by atoms with Crippen LogP contribution in [0.4, 0.5) is 17.1 Å². The molecule has 0 spiro atoms. The van der Waals surface area contributed by atoms with E-state index in [1.807, 2.05) is 30.3 Å². The third kappa shape index (κ3) is 5.04. The van der Waals surface area contributed by atoms with Crippen molar-refractivity contribution >= 4 is 39.9 Å². The normalized spacial score (nSPS) is 10.3. The number of nitrogens with one attached hydrogen (secondary N) is 3. The van der Waals surface area contributed by atoms with Crippen LogP contribution in [-0.4, -0.2) is 21.8 Å². The van der Waals surface area contributed by atoms with E-state index >= 15 is 0 Å². The molecule has 0 saturated carbocycles. The number of carbonyl (C=O) groups excluding carboxylic acids is 2. The van der Waals surface area contributed by atoms with E-state index in [1.165, 1.54) is 0 Å². The molecule has 2 amide bonds. The molecule has 1 heterocycles.